The van der Waals surface area contributed by atoms with Gasteiger partial charge in [0.2, 0.25) is 5.91 Å². The second kappa shape index (κ2) is 11.7. The van der Waals surface area contributed by atoms with Gasteiger partial charge in [0.05, 0.1) is 22.5 Å². The Morgan fingerprint density at radius 1 is 0.762 bits per heavy atom. The van der Waals surface area contributed by atoms with E-state index in [2.05, 4.69) is 34.2 Å². The van der Waals surface area contributed by atoms with E-state index in [4.69, 9.17) is 0 Å². The van der Waals surface area contributed by atoms with Crippen molar-refractivity contribution < 1.29 is 19.2 Å². The van der Waals surface area contributed by atoms with E-state index in [0.717, 1.165) is 31.7 Å². The minimum atomic E-state index is -0.386. The van der Waals surface area contributed by atoms with Crippen molar-refractivity contribution in [3.8, 4) is 0 Å². The third-order valence-electron chi connectivity index (χ3n) is 8.41. The van der Waals surface area contributed by atoms with Crippen LogP contribution in [0.25, 0.3) is 0 Å². The molecule has 0 saturated carbocycles. The fraction of sp³-hybridized carbons (Fsp3) is 0.333. The molecular weight excluding hydrogens is 530 g/mol. The summed E-state index contributed by atoms with van der Waals surface area (Å²) < 4.78 is 0. The summed E-state index contributed by atoms with van der Waals surface area (Å²) in [5.74, 6) is -0.884. The molecular formula is C33H35N5O4. The van der Waals surface area contributed by atoms with E-state index in [1.54, 1.807) is 36.4 Å². The normalized spacial score (nSPS) is 16.8. The van der Waals surface area contributed by atoms with E-state index in [1.807, 2.05) is 23.1 Å². The van der Waals surface area contributed by atoms with Crippen molar-refractivity contribution in [2.24, 2.45) is 0 Å². The first-order valence-electron chi connectivity index (χ1n) is 14.7. The zero-order valence-electron chi connectivity index (χ0n) is 23.8. The molecule has 3 aliphatic heterocycles. The number of rotatable bonds is 8. The molecule has 2 fully saturated rings. The lowest BCUT2D eigenvalue weighted by atomic mass is 10.1. The number of likely N-dealkylation sites (tertiary alicyclic amines) is 1. The van der Waals surface area contributed by atoms with Crippen molar-refractivity contribution in [3.63, 3.8) is 0 Å². The second-order valence-corrected chi connectivity index (χ2v) is 11.0. The van der Waals surface area contributed by atoms with E-state index in [-0.39, 0.29) is 23.6 Å². The van der Waals surface area contributed by atoms with E-state index in [0.29, 0.717) is 61.4 Å². The second-order valence-electron chi connectivity index (χ2n) is 11.0. The van der Waals surface area contributed by atoms with Gasteiger partial charge in [0, 0.05) is 63.5 Å². The lowest BCUT2D eigenvalue weighted by Gasteiger charge is -2.39. The molecule has 0 radical (unpaired) electrons. The summed E-state index contributed by atoms with van der Waals surface area (Å²) in [5.41, 5.74) is 4.70. The molecule has 9 nitrogen and oxygen atoms in total. The summed E-state index contributed by atoms with van der Waals surface area (Å²) in [4.78, 5) is 59.6. The Balaban J connectivity index is 1.23. The quantitative estimate of drug-likeness (QED) is 0.329. The predicted octanol–water partition coefficient (Wildman–Crippen LogP) is 3.86. The van der Waals surface area contributed by atoms with Gasteiger partial charge < -0.3 is 20.0 Å². The first-order chi connectivity index (χ1) is 20.4. The molecule has 0 aromatic heterocycles. The van der Waals surface area contributed by atoms with Crippen LogP contribution in [0.4, 0.5) is 17.1 Å². The number of imide groups is 1. The van der Waals surface area contributed by atoms with E-state index in [1.165, 1.54) is 16.2 Å². The number of amides is 4. The lowest BCUT2D eigenvalue weighted by molar-refractivity contribution is -0.127. The summed E-state index contributed by atoms with van der Waals surface area (Å²) in [5, 5.41) is 2.94. The minimum Gasteiger partial charge on any atom is -0.368 e. The number of para-hydroxylation sites is 1. The predicted molar refractivity (Wildman–Crippen MR) is 162 cm³/mol. The average molecular weight is 566 g/mol. The fourth-order valence-electron chi connectivity index (χ4n) is 6.14. The van der Waals surface area contributed by atoms with Crippen molar-refractivity contribution in [1.82, 2.24) is 10.2 Å². The van der Waals surface area contributed by atoms with Crippen LogP contribution in [0.2, 0.25) is 0 Å². The maximum atomic E-state index is 13.5. The van der Waals surface area contributed by atoms with Crippen molar-refractivity contribution in [2.45, 2.75) is 26.2 Å². The Morgan fingerprint density at radius 2 is 1.40 bits per heavy atom. The van der Waals surface area contributed by atoms with Gasteiger partial charge in [-0.25, -0.2) is 4.90 Å². The molecule has 9 heteroatoms. The molecule has 0 atom stereocenters. The Kier molecular flexibility index (Phi) is 7.65. The van der Waals surface area contributed by atoms with Crippen molar-refractivity contribution >= 4 is 40.7 Å². The third kappa shape index (κ3) is 5.22. The summed E-state index contributed by atoms with van der Waals surface area (Å²) in [6, 6.07) is 20.4. The average Bonchev–Trinajstić information content (AvgIpc) is 3.54. The monoisotopic (exact) mass is 565 g/mol. The minimum absolute atomic E-state index is 0.169. The summed E-state index contributed by atoms with van der Waals surface area (Å²) in [6.07, 6.45) is 2.14. The van der Waals surface area contributed by atoms with Gasteiger partial charge in [0.1, 0.15) is 0 Å². The number of hydrogen-bond donors (Lipinski definition) is 1. The van der Waals surface area contributed by atoms with Gasteiger partial charge in [-0.3, -0.25) is 19.2 Å². The summed E-state index contributed by atoms with van der Waals surface area (Å²) in [6.45, 7) is 6.90. The van der Waals surface area contributed by atoms with E-state index in [9.17, 15) is 19.2 Å². The van der Waals surface area contributed by atoms with Gasteiger partial charge in [-0.15, -0.1) is 0 Å². The molecule has 0 aliphatic carbocycles. The number of anilines is 3. The van der Waals surface area contributed by atoms with Gasteiger partial charge in [-0.1, -0.05) is 30.3 Å². The SMILES string of the molecule is Cc1ccccc1N1CCN(c2ccc(C(=O)NCCCN3CCCC3=O)cc2N2C(=O)c3ccccc3C2=O)CC1. The number of aryl methyl sites for hydroxylation is 1. The molecule has 2 saturated heterocycles. The number of carbonyl (C=O) groups is 4. The molecule has 42 heavy (non-hydrogen) atoms. The highest BCUT2D eigenvalue weighted by atomic mass is 16.2. The highest BCUT2D eigenvalue weighted by Gasteiger charge is 2.38. The van der Waals surface area contributed by atoms with E-state index < -0.39 is 0 Å². The van der Waals surface area contributed by atoms with Crippen LogP contribution in [0.3, 0.4) is 0 Å². The number of nitrogens with one attached hydrogen (secondary N) is 1. The number of hydrogen-bond acceptors (Lipinski definition) is 6. The Labute approximate surface area is 245 Å². The maximum absolute atomic E-state index is 13.5. The molecule has 3 heterocycles. The molecule has 3 aliphatic rings. The lowest BCUT2D eigenvalue weighted by Crippen LogP contribution is -2.47. The van der Waals surface area contributed by atoms with Gasteiger partial charge in [0.25, 0.3) is 17.7 Å². The summed E-state index contributed by atoms with van der Waals surface area (Å²) in [7, 11) is 0. The van der Waals surface area contributed by atoms with Gasteiger partial charge >= 0.3 is 0 Å². The Morgan fingerprint density at radius 3 is 2.05 bits per heavy atom. The highest BCUT2D eigenvalue weighted by Crippen LogP contribution is 2.37. The van der Waals surface area contributed by atoms with Gasteiger partial charge in [-0.05, 0) is 61.7 Å². The highest BCUT2D eigenvalue weighted by molar-refractivity contribution is 6.35. The third-order valence-corrected chi connectivity index (χ3v) is 8.41. The smallest absolute Gasteiger partial charge is 0.266 e. The number of fused-ring (bicyclic) bond motifs is 1. The van der Waals surface area contributed by atoms with Crippen molar-refractivity contribution in [2.75, 3.05) is 60.5 Å². The van der Waals surface area contributed by atoms with Crippen LogP contribution in [0.1, 0.15) is 55.9 Å². The van der Waals surface area contributed by atoms with Crippen molar-refractivity contribution in [3.05, 3.63) is 89.0 Å². The molecule has 1 N–H and O–H groups in total. The van der Waals surface area contributed by atoms with Crippen LogP contribution in [-0.4, -0.2) is 74.3 Å². The van der Waals surface area contributed by atoms with Crippen LogP contribution in [0.5, 0.6) is 0 Å². The molecule has 0 bridgehead atoms. The van der Waals surface area contributed by atoms with Crippen molar-refractivity contribution in [1.29, 1.82) is 0 Å². The maximum Gasteiger partial charge on any atom is 0.266 e. The standard InChI is InChI=1S/C33H35N5O4/c1-23-8-2-5-11-27(23)35-18-20-36(21-19-35)28-14-13-24(31(40)34-15-7-17-37-16-6-12-30(37)39)22-29(28)38-32(41)25-9-3-4-10-26(25)33(38)42/h2-5,8-11,13-14,22H,6-7,12,15-21H2,1H3,(H,34,40). The Bertz CT molecular complexity index is 1510. The molecule has 0 spiro atoms. The number of piperazine rings is 1. The van der Waals surface area contributed by atoms with Crippen LogP contribution >= 0.6 is 0 Å². The van der Waals surface area contributed by atoms with Crippen LogP contribution in [0, 0.1) is 6.92 Å². The molecule has 216 valence electrons. The number of benzene rings is 3. The zero-order chi connectivity index (χ0) is 29.2. The molecule has 6 rings (SSSR count). The molecule has 3 aromatic rings. The number of carbonyl (C=O) groups excluding carboxylic acids is 4. The number of nitrogens with zero attached hydrogens (tertiary/aromatic N) is 4. The topological polar surface area (TPSA) is 93.3 Å². The van der Waals surface area contributed by atoms with Gasteiger partial charge in [0.15, 0.2) is 0 Å². The fourth-order valence-corrected chi connectivity index (χ4v) is 6.14. The van der Waals surface area contributed by atoms with Gasteiger partial charge in [-0.2, -0.15) is 0 Å². The zero-order valence-corrected chi connectivity index (χ0v) is 23.8. The summed E-state index contributed by atoms with van der Waals surface area (Å²) >= 11 is 0. The molecule has 3 aromatic carbocycles. The first kappa shape index (κ1) is 27.5. The molecule has 0 unspecified atom stereocenters. The molecule has 4 amide bonds. The van der Waals surface area contributed by atoms with Crippen LogP contribution < -0.4 is 20.0 Å². The van der Waals surface area contributed by atoms with Crippen LogP contribution in [0.15, 0.2) is 66.7 Å². The van der Waals surface area contributed by atoms with E-state index >= 15 is 0 Å². The first-order valence-corrected chi connectivity index (χ1v) is 14.7. The Hall–Kier alpha value is -4.66. The largest absolute Gasteiger partial charge is 0.368 e. The van der Waals surface area contributed by atoms with Crippen LogP contribution in [-0.2, 0) is 4.79 Å².